The Hall–Kier alpha value is -0.420. The lowest BCUT2D eigenvalue weighted by atomic mass is 10.1. The molecule has 2 aromatic rings. The Balaban J connectivity index is 2.33. The fourth-order valence-electron chi connectivity index (χ4n) is 1.31. The molecule has 16 heavy (non-hydrogen) atoms. The minimum absolute atomic E-state index is 0.659. The lowest BCUT2D eigenvalue weighted by Gasteiger charge is -2.09. The van der Waals surface area contributed by atoms with Crippen molar-refractivity contribution in [2.45, 2.75) is 13.0 Å². The summed E-state index contributed by atoms with van der Waals surface area (Å²) < 4.78 is 0.741. The van der Waals surface area contributed by atoms with Gasteiger partial charge >= 0.3 is 0 Å². The summed E-state index contributed by atoms with van der Waals surface area (Å²) in [7, 11) is 0. The number of aliphatic hydroxyl groups is 1. The first kappa shape index (κ1) is 12.0. The molecule has 0 saturated carbocycles. The lowest BCUT2D eigenvalue weighted by molar-refractivity contribution is 0.219. The molecule has 2 rings (SSSR count). The summed E-state index contributed by atoms with van der Waals surface area (Å²) in [6, 6.07) is 5.53. The highest BCUT2D eigenvalue weighted by atomic mass is 79.9. The number of benzene rings is 1. The molecule has 1 atom stereocenters. The summed E-state index contributed by atoms with van der Waals surface area (Å²) in [4.78, 5) is 4.18. The molecule has 1 aromatic carbocycles. The Labute approximate surface area is 111 Å². The van der Waals surface area contributed by atoms with Crippen molar-refractivity contribution in [3.63, 3.8) is 0 Å². The van der Waals surface area contributed by atoms with Crippen LogP contribution in [0.25, 0.3) is 0 Å². The molecule has 0 amide bonds. The highest BCUT2D eigenvalue weighted by Gasteiger charge is 2.14. The molecule has 0 saturated heterocycles. The zero-order valence-corrected chi connectivity index (χ0v) is 11.6. The van der Waals surface area contributed by atoms with Crippen molar-refractivity contribution in [1.29, 1.82) is 0 Å². The van der Waals surface area contributed by atoms with Crippen LogP contribution in [0.4, 0.5) is 0 Å². The molecule has 5 heteroatoms. The second-order valence-corrected chi connectivity index (χ2v) is 5.53. The van der Waals surface area contributed by atoms with Crippen molar-refractivity contribution >= 4 is 38.9 Å². The topological polar surface area (TPSA) is 33.1 Å². The largest absolute Gasteiger partial charge is 0.381 e. The van der Waals surface area contributed by atoms with Gasteiger partial charge in [0.15, 0.2) is 0 Å². The van der Waals surface area contributed by atoms with Crippen LogP contribution >= 0.6 is 38.9 Å². The average molecular weight is 319 g/mol. The van der Waals surface area contributed by atoms with E-state index in [4.69, 9.17) is 11.6 Å². The summed E-state index contributed by atoms with van der Waals surface area (Å²) in [6.07, 6.45) is -0.714. The normalized spacial score (nSPS) is 12.8. The maximum atomic E-state index is 10.1. The molecule has 1 aromatic heterocycles. The Morgan fingerprint density at radius 3 is 2.81 bits per heavy atom. The van der Waals surface area contributed by atoms with E-state index in [1.807, 2.05) is 24.4 Å². The Morgan fingerprint density at radius 2 is 2.25 bits per heavy atom. The predicted molar refractivity (Wildman–Crippen MR) is 70.1 cm³/mol. The maximum absolute atomic E-state index is 10.1. The molecule has 1 heterocycles. The van der Waals surface area contributed by atoms with Crippen molar-refractivity contribution in [3.05, 3.63) is 49.3 Å². The van der Waals surface area contributed by atoms with Crippen LogP contribution in [0, 0.1) is 6.92 Å². The number of halogens is 2. The standard InChI is InChI=1S/C11H9BrClNOS/c1-6-2-3-7(4-8(6)13)10(15)11-14-9(12)5-16-11/h2-5,10,15H,1H3. The van der Waals surface area contributed by atoms with Crippen LogP contribution in [0.3, 0.4) is 0 Å². The second-order valence-electron chi connectivity index (χ2n) is 3.42. The lowest BCUT2D eigenvalue weighted by Crippen LogP contribution is -1.99. The Morgan fingerprint density at radius 1 is 1.50 bits per heavy atom. The molecule has 0 aliphatic heterocycles. The molecule has 1 N–H and O–H groups in total. The van der Waals surface area contributed by atoms with Gasteiger partial charge in [0.25, 0.3) is 0 Å². The number of nitrogens with zero attached hydrogens (tertiary/aromatic N) is 1. The van der Waals surface area contributed by atoms with E-state index in [0.29, 0.717) is 10.0 Å². The number of hydrogen-bond donors (Lipinski definition) is 1. The van der Waals surface area contributed by atoms with Crippen LogP contribution in [0.2, 0.25) is 5.02 Å². The van der Waals surface area contributed by atoms with Gasteiger partial charge in [-0.3, -0.25) is 0 Å². The number of aromatic nitrogens is 1. The maximum Gasteiger partial charge on any atom is 0.131 e. The van der Waals surface area contributed by atoms with E-state index in [1.165, 1.54) is 11.3 Å². The van der Waals surface area contributed by atoms with Crippen LogP contribution in [-0.2, 0) is 0 Å². The van der Waals surface area contributed by atoms with Gasteiger partial charge in [0, 0.05) is 10.4 Å². The highest BCUT2D eigenvalue weighted by Crippen LogP contribution is 2.29. The summed E-state index contributed by atoms with van der Waals surface area (Å²) in [5, 5.41) is 13.2. The third-order valence-electron chi connectivity index (χ3n) is 2.24. The fraction of sp³-hybridized carbons (Fsp3) is 0.182. The Kier molecular flexibility index (Phi) is 3.64. The van der Waals surface area contributed by atoms with Gasteiger partial charge in [-0.1, -0.05) is 23.7 Å². The molecule has 1 unspecified atom stereocenters. The van der Waals surface area contributed by atoms with Crippen molar-refractivity contribution in [2.75, 3.05) is 0 Å². The first-order valence-electron chi connectivity index (χ1n) is 4.63. The van der Waals surface area contributed by atoms with Gasteiger partial charge in [0.2, 0.25) is 0 Å². The van der Waals surface area contributed by atoms with E-state index in [2.05, 4.69) is 20.9 Å². The molecule has 2 nitrogen and oxygen atoms in total. The summed E-state index contributed by atoms with van der Waals surface area (Å²) in [5.74, 6) is 0. The van der Waals surface area contributed by atoms with Crippen molar-refractivity contribution in [3.8, 4) is 0 Å². The zero-order valence-electron chi connectivity index (χ0n) is 8.45. The first-order chi connectivity index (χ1) is 7.58. The van der Waals surface area contributed by atoms with E-state index in [-0.39, 0.29) is 0 Å². The van der Waals surface area contributed by atoms with Gasteiger partial charge in [0.05, 0.1) is 0 Å². The Bertz CT molecular complexity index is 514. The second kappa shape index (κ2) is 4.84. The van der Waals surface area contributed by atoms with E-state index >= 15 is 0 Å². The summed E-state index contributed by atoms with van der Waals surface area (Å²) >= 11 is 10.7. The average Bonchev–Trinajstić information content (AvgIpc) is 2.68. The molecular weight excluding hydrogens is 310 g/mol. The number of aryl methyl sites for hydroxylation is 1. The molecule has 84 valence electrons. The molecule has 0 radical (unpaired) electrons. The van der Waals surface area contributed by atoms with E-state index in [0.717, 1.165) is 15.7 Å². The fourth-order valence-corrected chi connectivity index (χ4v) is 2.78. The highest BCUT2D eigenvalue weighted by molar-refractivity contribution is 9.10. The van der Waals surface area contributed by atoms with Gasteiger partial charge in [0.1, 0.15) is 15.7 Å². The van der Waals surface area contributed by atoms with Gasteiger partial charge in [-0.25, -0.2) is 4.98 Å². The van der Waals surface area contributed by atoms with Gasteiger partial charge in [-0.2, -0.15) is 0 Å². The number of aliphatic hydroxyl groups excluding tert-OH is 1. The van der Waals surface area contributed by atoms with Crippen LogP contribution in [0.1, 0.15) is 22.2 Å². The first-order valence-corrected chi connectivity index (χ1v) is 6.68. The third kappa shape index (κ3) is 2.46. The van der Waals surface area contributed by atoms with Gasteiger partial charge in [-0.15, -0.1) is 11.3 Å². The SMILES string of the molecule is Cc1ccc(C(O)c2nc(Br)cs2)cc1Cl. The van der Waals surface area contributed by atoms with Crippen molar-refractivity contribution in [1.82, 2.24) is 4.98 Å². The monoisotopic (exact) mass is 317 g/mol. The van der Waals surface area contributed by atoms with Crippen LogP contribution in [0.5, 0.6) is 0 Å². The quantitative estimate of drug-likeness (QED) is 0.909. The van der Waals surface area contributed by atoms with Crippen molar-refractivity contribution < 1.29 is 5.11 Å². The third-order valence-corrected chi connectivity index (χ3v) is 4.25. The molecular formula is C11H9BrClNOS. The predicted octanol–water partition coefficient (Wildman–Crippen LogP) is 3.95. The minimum Gasteiger partial charge on any atom is -0.381 e. The molecule has 0 spiro atoms. The van der Waals surface area contributed by atoms with E-state index in [1.54, 1.807) is 6.07 Å². The molecule has 0 aliphatic carbocycles. The smallest absolute Gasteiger partial charge is 0.131 e. The van der Waals surface area contributed by atoms with Gasteiger partial charge in [-0.05, 0) is 40.0 Å². The summed E-state index contributed by atoms with van der Waals surface area (Å²) in [5.41, 5.74) is 1.76. The zero-order chi connectivity index (χ0) is 11.7. The number of rotatable bonds is 2. The molecule has 0 aliphatic rings. The molecule has 0 fully saturated rings. The van der Waals surface area contributed by atoms with Crippen LogP contribution in [0.15, 0.2) is 28.2 Å². The van der Waals surface area contributed by atoms with E-state index in [9.17, 15) is 5.11 Å². The van der Waals surface area contributed by atoms with Crippen molar-refractivity contribution in [2.24, 2.45) is 0 Å². The minimum atomic E-state index is -0.714. The molecule has 0 bridgehead atoms. The van der Waals surface area contributed by atoms with Gasteiger partial charge < -0.3 is 5.11 Å². The summed E-state index contributed by atoms with van der Waals surface area (Å²) in [6.45, 7) is 1.93. The van der Waals surface area contributed by atoms with Crippen LogP contribution < -0.4 is 0 Å². The number of thiazole rings is 1. The van der Waals surface area contributed by atoms with Crippen LogP contribution in [-0.4, -0.2) is 10.1 Å². The van der Waals surface area contributed by atoms with E-state index < -0.39 is 6.10 Å². The number of hydrogen-bond acceptors (Lipinski definition) is 3.